The normalized spacial score (nSPS) is 42.7. The van der Waals surface area contributed by atoms with Crippen molar-refractivity contribution in [2.75, 3.05) is 0 Å². The molecule has 3 heteroatoms. The Balaban J connectivity index is 1.73. The van der Waals surface area contributed by atoms with E-state index in [0.717, 1.165) is 17.8 Å². The van der Waals surface area contributed by atoms with E-state index in [2.05, 4.69) is 11.1 Å². The third kappa shape index (κ3) is 1.38. The Bertz CT molecular complexity index is 447. The fourth-order valence-electron chi connectivity index (χ4n) is 5.45. The van der Waals surface area contributed by atoms with Gasteiger partial charge in [-0.1, -0.05) is 0 Å². The molecule has 0 saturated heterocycles. The van der Waals surface area contributed by atoms with E-state index in [1.54, 1.807) is 6.20 Å². The second-order valence-electron chi connectivity index (χ2n) is 6.82. The van der Waals surface area contributed by atoms with Crippen LogP contribution in [0.4, 0.5) is 0 Å². The smallest absolute Gasteiger partial charge is 0.127 e. The number of rotatable bonds is 2. The van der Waals surface area contributed by atoms with Crippen LogP contribution in [-0.2, 0) is 0 Å². The summed E-state index contributed by atoms with van der Waals surface area (Å²) < 4.78 is 2.05. The number of hydrogen-bond acceptors (Lipinski definition) is 2. The average Bonchev–Trinajstić information content (AvgIpc) is 2.81. The molecule has 0 aliphatic heterocycles. The standard InChI is InChI=1S/C15H19N3/c16-9-14(18-2-1-17-10-18)15-6-11-3-12(7-15)5-13(4-11)8-15/h1-2,10-14H,3-8H2. The van der Waals surface area contributed by atoms with Crippen LogP contribution in [-0.4, -0.2) is 9.55 Å². The molecule has 0 amide bonds. The van der Waals surface area contributed by atoms with Crippen LogP contribution in [0.5, 0.6) is 0 Å². The first-order valence-electron chi connectivity index (χ1n) is 7.16. The summed E-state index contributed by atoms with van der Waals surface area (Å²) in [6.45, 7) is 0. The van der Waals surface area contributed by atoms with Gasteiger partial charge in [-0.25, -0.2) is 4.98 Å². The molecule has 94 valence electrons. The van der Waals surface area contributed by atoms with Crippen LogP contribution in [0.25, 0.3) is 0 Å². The Morgan fingerprint density at radius 1 is 1.17 bits per heavy atom. The van der Waals surface area contributed by atoms with Crippen LogP contribution >= 0.6 is 0 Å². The molecule has 3 nitrogen and oxygen atoms in total. The minimum atomic E-state index is 0.00778. The summed E-state index contributed by atoms with van der Waals surface area (Å²) in [7, 11) is 0. The van der Waals surface area contributed by atoms with Crippen LogP contribution in [0.1, 0.15) is 44.6 Å². The van der Waals surface area contributed by atoms with Crippen LogP contribution in [0.2, 0.25) is 0 Å². The van der Waals surface area contributed by atoms with Gasteiger partial charge in [0.05, 0.1) is 12.4 Å². The molecule has 0 radical (unpaired) electrons. The van der Waals surface area contributed by atoms with E-state index >= 15 is 0 Å². The lowest BCUT2D eigenvalue weighted by molar-refractivity contribution is -0.0710. The summed E-state index contributed by atoms with van der Waals surface area (Å²) in [5, 5.41) is 9.66. The quantitative estimate of drug-likeness (QED) is 0.798. The first-order valence-corrected chi connectivity index (χ1v) is 7.16. The molecule has 4 saturated carbocycles. The summed E-state index contributed by atoms with van der Waals surface area (Å²) in [6.07, 6.45) is 13.7. The van der Waals surface area contributed by atoms with Gasteiger partial charge < -0.3 is 4.57 Å². The largest absolute Gasteiger partial charge is 0.320 e. The lowest BCUT2D eigenvalue weighted by Crippen LogP contribution is -2.49. The van der Waals surface area contributed by atoms with Crippen molar-refractivity contribution in [3.05, 3.63) is 18.7 Å². The molecule has 1 unspecified atom stereocenters. The zero-order valence-corrected chi connectivity index (χ0v) is 10.6. The monoisotopic (exact) mass is 241 g/mol. The van der Waals surface area contributed by atoms with Gasteiger partial charge in [0.2, 0.25) is 0 Å². The van der Waals surface area contributed by atoms with Gasteiger partial charge in [0.1, 0.15) is 6.04 Å². The predicted molar refractivity (Wildman–Crippen MR) is 67.5 cm³/mol. The fraction of sp³-hybridized carbons (Fsp3) is 0.733. The van der Waals surface area contributed by atoms with Crippen LogP contribution in [0, 0.1) is 34.5 Å². The highest BCUT2D eigenvalue weighted by atomic mass is 15.1. The zero-order chi connectivity index (χ0) is 12.2. The lowest BCUT2D eigenvalue weighted by atomic mass is 9.48. The molecule has 1 aromatic rings. The molecule has 18 heavy (non-hydrogen) atoms. The highest BCUT2D eigenvalue weighted by Crippen LogP contribution is 2.63. The van der Waals surface area contributed by atoms with Crippen molar-refractivity contribution in [1.82, 2.24) is 9.55 Å². The minimum Gasteiger partial charge on any atom is -0.320 e. The van der Waals surface area contributed by atoms with Crippen LogP contribution in [0.15, 0.2) is 18.7 Å². The summed E-state index contributed by atoms with van der Waals surface area (Å²) in [5.74, 6) is 2.70. The van der Waals surface area contributed by atoms with Crippen molar-refractivity contribution in [2.45, 2.75) is 44.6 Å². The summed E-state index contributed by atoms with van der Waals surface area (Å²) in [6, 6.07) is 2.59. The zero-order valence-electron chi connectivity index (χ0n) is 10.6. The Hall–Kier alpha value is -1.30. The molecule has 4 aliphatic rings. The second kappa shape index (κ2) is 3.60. The van der Waals surface area contributed by atoms with E-state index in [4.69, 9.17) is 0 Å². The van der Waals surface area contributed by atoms with E-state index in [-0.39, 0.29) is 11.5 Å². The van der Waals surface area contributed by atoms with Gasteiger partial charge in [0, 0.05) is 17.8 Å². The van der Waals surface area contributed by atoms with Crippen LogP contribution in [0.3, 0.4) is 0 Å². The molecule has 4 bridgehead atoms. The molecule has 4 aliphatic carbocycles. The van der Waals surface area contributed by atoms with Gasteiger partial charge in [-0.15, -0.1) is 0 Å². The number of hydrogen-bond donors (Lipinski definition) is 0. The first kappa shape index (κ1) is 10.6. The maximum absolute atomic E-state index is 9.66. The van der Waals surface area contributed by atoms with Crippen molar-refractivity contribution in [3.63, 3.8) is 0 Å². The van der Waals surface area contributed by atoms with Gasteiger partial charge in [0.25, 0.3) is 0 Å². The summed E-state index contributed by atoms with van der Waals surface area (Å²) >= 11 is 0. The number of nitriles is 1. The van der Waals surface area contributed by atoms with E-state index in [1.807, 2.05) is 17.1 Å². The average molecular weight is 241 g/mol. The predicted octanol–water partition coefficient (Wildman–Crippen LogP) is 3.16. The number of nitrogens with zero attached hydrogens (tertiary/aromatic N) is 3. The Morgan fingerprint density at radius 2 is 1.78 bits per heavy atom. The molecule has 0 aromatic carbocycles. The summed E-state index contributed by atoms with van der Waals surface area (Å²) in [5.41, 5.74) is 0.254. The third-order valence-electron chi connectivity index (χ3n) is 5.61. The maximum atomic E-state index is 9.66. The van der Waals surface area contributed by atoms with Gasteiger partial charge in [-0.2, -0.15) is 5.26 Å². The van der Waals surface area contributed by atoms with E-state index in [1.165, 1.54) is 38.5 Å². The van der Waals surface area contributed by atoms with Crippen LogP contribution < -0.4 is 0 Å². The third-order valence-corrected chi connectivity index (χ3v) is 5.61. The Kier molecular flexibility index (Phi) is 2.12. The van der Waals surface area contributed by atoms with Crippen molar-refractivity contribution in [3.8, 4) is 6.07 Å². The number of imidazole rings is 1. The number of aromatic nitrogens is 2. The molecule has 0 N–H and O–H groups in total. The van der Waals surface area contributed by atoms with Crippen molar-refractivity contribution in [1.29, 1.82) is 5.26 Å². The molecular weight excluding hydrogens is 222 g/mol. The molecule has 5 rings (SSSR count). The lowest BCUT2D eigenvalue weighted by Gasteiger charge is -2.58. The van der Waals surface area contributed by atoms with Crippen molar-refractivity contribution >= 4 is 0 Å². The van der Waals surface area contributed by atoms with E-state index < -0.39 is 0 Å². The maximum Gasteiger partial charge on any atom is 0.127 e. The van der Waals surface area contributed by atoms with E-state index in [9.17, 15) is 5.26 Å². The SMILES string of the molecule is N#CC(n1ccnc1)C12CC3CC(CC(C3)C1)C2. The highest BCUT2D eigenvalue weighted by molar-refractivity contribution is 5.11. The van der Waals surface area contributed by atoms with E-state index in [0.29, 0.717) is 0 Å². The minimum absolute atomic E-state index is 0.00778. The van der Waals surface area contributed by atoms with Crippen molar-refractivity contribution in [2.24, 2.45) is 23.2 Å². The Morgan fingerprint density at radius 3 is 2.22 bits per heavy atom. The molecule has 1 atom stereocenters. The van der Waals surface area contributed by atoms with Gasteiger partial charge in [0.15, 0.2) is 0 Å². The second-order valence-corrected chi connectivity index (χ2v) is 6.82. The molecular formula is C15H19N3. The van der Waals surface area contributed by atoms with Crippen molar-refractivity contribution < 1.29 is 0 Å². The fourth-order valence-corrected chi connectivity index (χ4v) is 5.45. The van der Waals surface area contributed by atoms with Gasteiger partial charge in [-0.3, -0.25) is 0 Å². The molecule has 1 heterocycles. The first-order chi connectivity index (χ1) is 8.79. The van der Waals surface area contributed by atoms with Gasteiger partial charge in [-0.05, 0) is 56.3 Å². The van der Waals surface area contributed by atoms with Gasteiger partial charge >= 0.3 is 0 Å². The highest BCUT2D eigenvalue weighted by Gasteiger charge is 2.54. The molecule has 1 aromatic heterocycles. The Labute approximate surface area is 108 Å². The molecule has 0 spiro atoms. The summed E-state index contributed by atoms with van der Waals surface area (Å²) in [4.78, 5) is 4.13. The topological polar surface area (TPSA) is 41.6 Å². The molecule has 4 fully saturated rings.